The third kappa shape index (κ3) is 7.71. The van der Waals surface area contributed by atoms with E-state index in [1.165, 1.54) is 36.4 Å². The molecule has 40 heavy (non-hydrogen) atoms. The van der Waals surface area contributed by atoms with Crippen LogP contribution < -0.4 is 0 Å². The van der Waals surface area contributed by atoms with Gasteiger partial charge in [-0.15, -0.1) is 0 Å². The van der Waals surface area contributed by atoms with Gasteiger partial charge in [0.2, 0.25) is 0 Å². The van der Waals surface area contributed by atoms with Crippen LogP contribution in [0.25, 0.3) is 0 Å². The summed E-state index contributed by atoms with van der Waals surface area (Å²) in [6, 6.07) is 12.6. The van der Waals surface area contributed by atoms with Crippen molar-refractivity contribution in [2.75, 3.05) is 19.7 Å². The summed E-state index contributed by atoms with van der Waals surface area (Å²) in [7, 11) is -16.5. The highest BCUT2D eigenvalue weighted by Gasteiger charge is 2.49. The molecular weight excluding hydrogens is 586 g/mol. The van der Waals surface area contributed by atoms with Crippen molar-refractivity contribution in [1.82, 2.24) is 0 Å². The van der Waals surface area contributed by atoms with Gasteiger partial charge in [-0.2, -0.15) is 25.3 Å². The maximum Gasteiger partial charge on any atom is 0.297 e. The molecule has 3 aromatic rings. The molecule has 0 fully saturated rings. The highest BCUT2D eigenvalue weighted by Crippen LogP contribution is 2.24. The lowest BCUT2D eigenvalue weighted by Gasteiger charge is -2.24. The zero-order valence-corrected chi connectivity index (χ0v) is 23.5. The Morgan fingerprint density at radius 1 is 0.600 bits per heavy atom. The average Bonchev–Trinajstić information content (AvgIpc) is 2.86. The van der Waals surface area contributed by atoms with Crippen LogP contribution in [0, 0.1) is 30.9 Å². The van der Waals surface area contributed by atoms with Crippen molar-refractivity contribution in [3.8, 4) is 0 Å². The summed E-state index contributed by atoms with van der Waals surface area (Å²) in [6.45, 7) is -9.77. The summed E-state index contributed by atoms with van der Waals surface area (Å²) in [5.74, 6) is 0. The van der Waals surface area contributed by atoms with E-state index in [1.54, 1.807) is 20.8 Å². The quantitative estimate of drug-likeness (QED) is 0.156. The zero-order valence-electron chi connectivity index (χ0n) is 27.1. The number of benzene rings is 3. The first-order valence-corrected chi connectivity index (χ1v) is 15.3. The summed E-state index contributed by atoms with van der Waals surface area (Å²) in [5, 5.41) is 12.8. The minimum Gasteiger partial charge on any atom is -0.264 e. The standard InChI is InChI=1S/C25H27NO11S3/c1-19-4-10-22(11-5-19)38(29,30)35-16-25(26(27)28,17-36-39(31,32)23-12-6-20(2)7-13-23)18-37-40(33,34)24-14-8-21(3)9-15-24/h4-15H,16-18H2,1-3H3/i16D2,17D2,18D2. The molecule has 0 heterocycles. The first kappa shape index (κ1) is 23.5. The van der Waals surface area contributed by atoms with Gasteiger partial charge in [-0.05, 0) is 57.2 Å². The van der Waals surface area contributed by atoms with Crippen LogP contribution in [0.5, 0.6) is 0 Å². The minimum atomic E-state index is -5.50. The number of aryl methyl sites for hydroxylation is 3. The van der Waals surface area contributed by atoms with Gasteiger partial charge >= 0.3 is 0 Å². The van der Waals surface area contributed by atoms with Gasteiger partial charge in [0.15, 0.2) is 0 Å². The molecule has 0 radical (unpaired) electrons. The van der Waals surface area contributed by atoms with Crippen LogP contribution >= 0.6 is 0 Å². The Bertz CT molecular complexity index is 1720. The minimum absolute atomic E-state index is 0.513. The van der Waals surface area contributed by atoms with E-state index in [-0.39, 0.29) is 0 Å². The molecule has 0 amide bonds. The van der Waals surface area contributed by atoms with Crippen molar-refractivity contribution in [3.05, 3.63) is 99.6 Å². The van der Waals surface area contributed by atoms with Crippen LogP contribution in [0.1, 0.15) is 24.9 Å². The molecule has 0 aliphatic heterocycles. The zero-order chi connectivity index (χ0) is 35.1. The van der Waals surface area contributed by atoms with Crippen molar-refractivity contribution in [3.63, 3.8) is 0 Å². The molecule has 0 atom stereocenters. The van der Waals surface area contributed by atoms with Crippen LogP contribution in [0.15, 0.2) is 87.5 Å². The van der Waals surface area contributed by atoms with Gasteiger partial charge in [0.05, 0.1) is 22.9 Å². The van der Waals surface area contributed by atoms with Crippen LogP contribution in [-0.2, 0) is 42.9 Å². The second kappa shape index (κ2) is 12.1. The van der Waals surface area contributed by atoms with Gasteiger partial charge in [0.1, 0.15) is 19.7 Å². The number of hydrogen-bond donors (Lipinski definition) is 0. The van der Waals surface area contributed by atoms with E-state index < -0.39 is 75.2 Å². The second-order valence-electron chi connectivity index (χ2n) is 8.33. The third-order valence-corrected chi connectivity index (χ3v) is 8.56. The first-order valence-electron chi connectivity index (χ1n) is 14.0. The van der Waals surface area contributed by atoms with E-state index >= 15 is 0 Å². The lowest BCUT2D eigenvalue weighted by Crippen LogP contribution is -2.52. The highest BCUT2D eigenvalue weighted by molar-refractivity contribution is 7.87. The predicted molar refractivity (Wildman–Crippen MR) is 143 cm³/mol. The van der Waals surface area contributed by atoms with Crippen molar-refractivity contribution in [1.29, 1.82) is 0 Å². The van der Waals surface area contributed by atoms with Crippen LogP contribution in [0.3, 0.4) is 0 Å². The monoisotopic (exact) mass is 619 g/mol. The van der Waals surface area contributed by atoms with Crippen molar-refractivity contribution < 1.29 is 51.0 Å². The number of nitrogens with zero attached hydrogens (tertiary/aromatic N) is 1. The Hall–Kier alpha value is -3.21. The van der Waals surface area contributed by atoms with Gasteiger partial charge in [-0.3, -0.25) is 22.7 Å². The summed E-state index contributed by atoms with van der Waals surface area (Å²) in [5.41, 5.74) is -3.56. The molecular formula is C25H27NO11S3. The van der Waals surface area contributed by atoms with Crippen molar-refractivity contribution >= 4 is 30.4 Å². The molecule has 0 saturated heterocycles. The topological polar surface area (TPSA) is 173 Å². The number of hydrogen-bond acceptors (Lipinski definition) is 11. The van der Waals surface area contributed by atoms with Crippen molar-refractivity contribution in [2.45, 2.75) is 41.0 Å². The lowest BCUT2D eigenvalue weighted by molar-refractivity contribution is -0.577. The fraction of sp³-hybridized carbons (Fsp3) is 0.280. The van der Waals surface area contributed by atoms with Crippen LogP contribution in [0.4, 0.5) is 0 Å². The molecule has 0 saturated carbocycles. The molecule has 0 bridgehead atoms. The van der Waals surface area contributed by atoms with E-state index in [9.17, 15) is 35.4 Å². The second-order valence-corrected chi connectivity index (χ2v) is 13.0. The molecule has 12 nitrogen and oxygen atoms in total. The van der Waals surface area contributed by atoms with Crippen molar-refractivity contribution in [2.24, 2.45) is 0 Å². The Labute approximate surface area is 241 Å². The average molecular weight is 620 g/mol. The number of rotatable bonds is 13. The van der Waals surface area contributed by atoms with Crippen LogP contribution in [-0.4, -0.2) is 55.4 Å². The molecule has 3 aromatic carbocycles. The maximum atomic E-state index is 13.1. The van der Waals surface area contributed by atoms with E-state index in [0.717, 1.165) is 36.4 Å². The van der Waals surface area contributed by atoms with Gasteiger partial charge in [-0.1, -0.05) is 53.1 Å². The van der Waals surface area contributed by atoms with E-state index in [4.69, 9.17) is 8.22 Å². The Morgan fingerprint density at radius 3 is 1.02 bits per heavy atom. The Morgan fingerprint density at radius 2 is 0.825 bits per heavy atom. The molecule has 0 unspecified atom stereocenters. The highest BCUT2D eigenvalue weighted by atomic mass is 32.2. The molecule has 0 aliphatic rings. The fourth-order valence-electron chi connectivity index (χ4n) is 2.78. The molecule has 0 spiro atoms. The molecule has 216 valence electrons. The maximum absolute atomic E-state index is 13.1. The third-order valence-electron chi connectivity index (χ3n) is 5.10. The normalized spacial score (nSPS) is 16.1. The predicted octanol–water partition coefficient (Wildman–Crippen LogP) is 3.14. The summed E-state index contributed by atoms with van der Waals surface area (Å²) >= 11 is 0. The van der Waals surface area contributed by atoms with E-state index in [2.05, 4.69) is 12.5 Å². The first-order chi connectivity index (χ1) is 20.8. The fourth-order valence-corrected chi connectivity index (χ4v) is 5.17. The Balaban J connectivity index is 2.32. The van der Waals surface area contributed by atoms with Crippen LogP contribution in [0.2, 0.25) is 0 Å². The summed E-state index contributed by atoms with van der Waals surface area (Å²) < 4.78 is 142. The Kier molecular flexibility index (Phi) is 7.12. The molecule has 15 heteroatoms. The van der Waals surface area contributed by atoms with E-state index in [0.29, 0.717) is 16.7 Å². The molecule has 0 aliphatic carbocycles. The van der Waals surface area contributed by atoms with Gasteiger partial charge in [-0.25, -0.2) is 0 Å². The molecule has 0 aromatic heterocycles. The van der Waals surface area contributed by atoms with E-state index in [1.807, 2.05) is 0 Å². The largest absolute Gasteiger partial charge is 0.297 e. The SMILES string of the molecule is [2H]C([2H])(OS(=O)(=O)c1ccc(C)cc1)C([N+](=O)[O-])(C([2H])([2H])OS(=O)(=O)c1ccc(C)cc1)C([2H])([2H])OS(=O)(=O)c1ccc(C)cc1. The summed E-state index contributed by atoms with van der Waals surface area (Å²) in [4.78, 5) is 8.20. The smallest absolute Gasteiger partial charge is 0.264 e. The van der Waals surface area contributed by atoms with Gasteiger partial charge in [0.25, 0.3) is 35.9 Å². The van der Waals surface area contributed by atoms with Gasteiger partial charge in [0, 0.05) is 4.92 Å². The number of nitro groups is 1. The summed E-state index contributed by atoms with van der Waals surface area (Å²) in [6.07, 6.45) is 0. The van der Waals surface area contributed by atoms with Gasteiger partial charge < -0.3 is 0 Å². The molecule has 3 rings (SSSR count). The lowest BCUT2D eigenvalue weighted by atomic mass is 10.1. The molecule has 0 N–H and O–H groups in total.